The van der Waals surface area contributed by atoms with Gasteiger partial charge in [0.05, 0.1) is 11.5 Å². The van der Waals surface area contributed by atoms with Crippen LogP contribution in [0.15, 0.2) is 47.4 Å². The van der Waals surface area contributed by atoms with Gasteiger partial charge in [-0.1, -0.05) is 30.9 Å². The lowest BCUT2D eigenvalue weighted by Gasteiger charge is -2.12. The molecule has 0 saturated carbocycles. The smallest absolute Gasteiger partial charge is 0.163 e. The highest BCUT2D eigenvalue weighted by atomic mass is 16.5. The SMILES string of the molecule is C=C[C@@H]1Oc2ccccc2[C@@H]1c1cc(C(C)=O)c(C)o1. The van der Waals surface area contributed by atoms with E-state index in [0.29, 0.717) is 11.3 Å². The molecule has 1 aliphatic rings. The van der Waals surface area contributed by atoms with Crippen molar-refractivity contribution in [1.82, 2.24) is 0 Å². The number of rotatable bonds is 3. The number of hydrogen-bond donors (Lipinski definition) is 0. The number of Topliss-reactive ketones (excluding diaryl/α,β-unsaturated/α-hetero) is 1. The first-order valence-corrected chi connectivity index (χ1v) is 6.61. The number of carbonyl (C=O) groups excluding carboxylic acids is 1. The van der Waals surface area contributed by atoms with Crippen molar-refractivity contribution in [2.45, 2.75) is 25.9 Å². The van der Waals surface area contributed by atoms with Gasteiger partial charge in [-0.25, -0.2) is 0 Å². The summed E-state index contributed by atoms with van der Waals surface area (Å²) in [5.41, 5.74) is 1.70. The zero-order valence-electron chi connectivity index (χ0n) is 11.6. The maximum absolute atomic E-state index is 11.6. The largest absolute Gasteiger partial charge is 0.485 e. The summed E-state index contributed by atoms with van der Waals surface area (Å²) >= 11 is 0. The molecule has 0 saturated heterocycles. The minimum absolute atomic E-state index is 0.0138. The first-order chi connectivity index (χ1) is 9.61. The highest BCUT2D eigenvalue weighted by Crippen LogP contribution is 2.43. The van der Waals surface area contributed by atoms with E-state index in [1.165, 1.54) is 0 Å². The zero-order chi connectivity index (χ0) is 14.3. The third-order valence-electron chi connectivity index (χ3n) is 3.70. The molecule has 2 heterocycles. The molecule has 0 aliphatic carbocycles. The van der Waals surface area contributed by atoms with Gasteiger partial charge in [-0.2, -0.15) is 0 Å². The van der Waals surface area contributed by atoms with E-state index in [1.54, 1.807) is 13.0 Å². The summed E-state index contributed by atoms with van der Waals surface area (Å²) in [5.74, 6) is 2.22. The second-order valence-corrected chi connectivity index (χ2v) is 5.01. The Hall–Kier alpha value is -2.29. The van der Waals surface area contributed by atoms with Gasteiger partial charge in [-0.05, 0) is 26.0 Å². The Kier molecular flexibility index (Phi) is 2.97. The quantitative estimate of drug-likeness (QED) is 0.626. The second kappa shape index (κ2) is 4.67. The highest BCUT2D eigenvalue weighted by Gasteiger charge is 2.36. The number of benzene rings is 1. The van der Waals surface area contributed by atoms with Gasteiger partial charge in [-0.15, -0.1) is 0 Å². The number of furan rings is 1. The summed E-state index contributed by atoms with van der Waals surface area (Å²) in [6.45, 7) is 7.19. The second-order valence-electron chi connectivity index (χ2n) is 5.01. The molecule has 2 atom stereocenters. The predicted molar refractivity (Wildman–Crippen MR) is 76.3 cm³/mol. The van der Waals surface area contributed by atoms with Crippen molar-refractivity contribution >= 4 is 5.78 Å². The number of hydrogen-bond acceptors (Lipinski definition) is 3. The summed E-state index contributed by atoms with van der Waals surface area (Å²) < 4.78 is 11.7. The maximum atomic E-state index is 11.6. The molecule has 3 heteroatoms. The van der Waals surface area contributed by atoms with Crippen LogP contribution < -0.4 is 4.74 Å². The Morgan fingerprint density at radius 3 is 2.75 bits per heavy atom. The van der Waals surface area contributed by atoms with Crippen molar-refractivity contribution < 1.29 is 13.9 Å². The van der Waals surface area contributed by atoms with Crippen LogP contribution in [0.2, 0.25) is 0 Å². The lowest BCUT2D eigenvalue weighted by atomic mass is 9.92. The van der Waals surface area contributed by atoms with Gasteiger partial charge in [-0.3, -0.25) is 4.79 Å². The predicted octanol–water partition coefficient (Wildman–Crippen LogP) is 3.87. The average Bonchev–Trinajstić information content (AvgIpc) is 2.98. The van der Waals surface area contributed by atoms with Crippen molar-refractivity contribution in [1.29, 1.82) is 0 Å². The van der Waals surface area contributed by atoms with Gasteiger partial charge in [0.2, 0.25) is 0 Å². The molecule has 0 N–H and O–H groups in total. The van der Waals surface area contributed by atoms with Crippen molar-refractivity contribution in [3.8, 4) is 5.75 Å². The molecular weight excluding hydrogens is 252 g/mol. The summed E-state index contributed by atoms with van der Waals surface area (Å²) in [6.07, 6.45) is 1.61. The van der Waals surface area contributed by atoms with Crippen LogP contribution in [0.1, 0.15) is 40.3 Å². The van der Waals surface area contributed by atoms with E-state index in [4.69, 9.17) is 9.15 Å². The molecule has 3 nitrogen and oxygen atoms in total. The van der Waals surface area contributed by atoms with Crippen LogP contribution in [0.5, 0.6) is 5.75 Å². The fourth-order valence-electron chi connectivity index (χ4n) is 2.74. The van der Waals surface area contributed by atoms with Crippen LogP contribution in [0.25, 0.3) is 0 Å². The fourth-order valence-corrected chi connectivity index (χ4v) is 2.74. The Balaban J connectivity index is 2.10. The summed E-state index contributed by atoms with van der Waals surface area (Å²) in [4.78, 5) is 11.6. The Morgan fingerprint density at radius 1 is 1.35 bits per heavy atom. The minimum atomic E-state index is -0.169. The average molecular weight is 268 g/mol. The van der Waals surface area contributed by atoms with Gasteiger partial charge in [0.15, 0.2) is 5.78 Å². The first-order valence-electron chi connectivity index (χ1n) is 6.61. The molecule has 0 bridgehead atoms. The standard InChI is InChI=1S/C17H16O3/c1-4-14-17(12-7-5-6-8-15(12)20-14)16-9-13(10(2)18)11(3)19-16/h4-9,14,17H,1H2,2-3H3/t14-,17-/m0/s1. The summed E-state index contributed by atoms with van der Waals surface area (Å²) in [5, 5.41) is 0. The van der Waals surface area contributed by atoms with Crippen LogP contribution >= 0.6 is 0 Å². The topological polar surface area (TPSA) is 39.4 Å². The third kappa shape index (κ3) is 1.86. The van der Waals surface area contributed by atoms with E-state index in [2.05, 4.69) is 6.58 Å². The number of ketones is 1. The maximum Gasteiger partial charge on any atom is 0.163 e. The number of fused-ring (bicyclic) bond motifs is 1. The Labute approximate surface area is 117 Å². The molecule has 0 fully saturated rings. The highest BCUT2D eigenvalue weighted by molar-refractivity contribution is 5.95. The number of aryl methyl sites for hydroxylation is 1. The number of carbonyl (C=O) groups is 1. The number of ether oxygens (including phenoxy) is 1. The molecule has 1 aliphatic heterocycles. The monoisotopic (exact) mass is 268 g/mol. The van der Waals surface area contributed by atoms with E-state index in [0.717, 1.165) is 17.1 Å². The van der Waals surface area contributed by atoms with Crippen molar-refractivity contribution in [2.75, 3.05) is 0 Å². The third-order valence-corrected chi connectivity index (χ3v) is 3.70. The molecular formula is C17H16O3. The normalized spacial score (nSPS) is 20.3. The Bertz CT molecular complexity index is 681. The number of para-hydroxylation sites is 1. The molecule has 0 spiro atoms. The van der Waals surface area contributed by atoms with Crippen LogP contribution in [-0.4, -0.2) is 11.9 Å². The molecule has 20 heavy (non-hydrogen) atoms. The lowest BCUT2D eigenvalue weighted by Crippen LogP contribution is -2.16. The van der Waals surface area contributed by atoms with E-state index >= 15 is 0 Å². The van der Waals surface area contributed by atoms with Crippen molar-refractivity contribution in [2.24, 2.45) is 0 Å². The molecule has 0 unspecified atom stereocenters. The van der Waals surface area contributed by atoms with Crippen LogP contribution in [0, 0.1) is 6.92 Å². The zero-order valence-corrected chi connectivity index (χ0v) is 11.6. The summed E-state index contributed by atoms with van der Waals surface area (Å²) in [6, 6.07) is 9.70. The molecule has 1 aromatic heterocycles. The van der Waals surface area contributed by atoms with Gasteiger partial charge in [0, 0.05) is 5.56 Å². The van der Waals surface area contributed by atoms with Crippen LogP contribution in [0.3, 0.4) is 0 Å². The van der Waals surface area contributed by atoms with Crippen LogP contribution in [-0.2, 0) is 0 Å². The van der Waals surface area contributed by atoms with E-state index < -0.39 is 0 Å². The molecule has 0 amide bonds. The van der Waals surface area contributed by atoms with E-state index in [1.807, 2.05) is 37.3 Å². The minimum Gasteiger partial charge on any atom is -0.485 e. The molecule has 0 radical (unpaired) electrons. The lowest BCUT2D eigenvalue weighted by molar-refractivity contribution is 0.101. The van der Waals surface area contributed by atoms with Crippen molar-refractivity contribution in [3.05, 3.63) is 65.6 Å². The molecule has 1 aromatic carbocycles. The van der Waals surface area contributed by atoms with Gasteiger partial charge >= 0.3 is 0 Å². The van der Waals surface area contributed by atoms with Gasteiger partial charge < -0.3 is 9.15 Å². The fraction of sp³-hybridized carbons (Fsp3) is 0.235. The van der Waals surface area contributed by atoms with Crippen LogP contribution in [0.4, 0.5) is 0 Å². The van der Waals surface area contributed by atoms with Gasteiger partial charge in [0.1, 0.15) is 23.4 Å². The Morgan fingerprint density at radius 2 is 2.10 bits per heavy atom. The molecule has 2 aromatic rings. The van der Waals surface area contributed by atoms with E-state index in [-0.39, 0.29) is 17.8 Å². The van der Waals surface area contributed by atoms with E-state index in [9.17, 15) is 4.79 Å². The van der Waals surface area contributed by atoms with Gasteiger partial charge in [0.25, 0.3) is 0 Å². The van der Waals surface area contributed by atoms with Crippen molar-refractivity contribution in [3.63, 3.8) is 0 Å². The summed E-state index contributed by atoms with van der Waals surface area (Å²) in [7, 11) is 0. The molecule has 102 valence electrons. The first kappa shape index (κ1) is 12.7. The molecule has 3 rings (SSSR count).